The summed E-state index contributed by atoms with van der Waals surface area (Å²) in [6.45, 7) is 3.92. The van der Waals surface area contributed by atoms with Crippen molar-refractivity contribution in [3.63, 3.8) is 0 Å². The van der Waals surface area contributed by atoms with E-state index >= 15 is 0 Å². The van der Waals surface area contributed by atoms with Crippen LogP contribution in [0.2, 0.25) is 0 Å². The number of benzene rings is 1. The molecule has 0 radical (unpaired) electrons. The molecule has 0 aliphatic rings. The van der Waals surface area contributed by atoms with Crippen LogP contribution < -0.4 is 0 Å². The number of hydrogen-bond donors (Lipinski definition) is 0. The van der Waals surface area contributed by atoms with Crippen LogP contribution in [0, 0.1) is 12.7 Å². The molecular formula is C15H16FNO2S. The van der Waals surface area contributed by atoms with Gasteiger partial charge in [-0.1, -0.05) is 0 Å². The molecule has 0 amide bonds. The van der Waals surface area contributed by atoms with Crippen molar-refractivity contribution in [1.82, 2.24) is 4.98 Å². The van der Waals surface area contributed by atoms with Gasteiger partial charge in [-0.2, -0.15) is 0 Å². The van der Waals surface area contributed by atoms with Crippen molar-refractivity contribution in [1.29, 1.82) is 0 Å². The van der Waals surface area contributed by atoms with Gasteiger partial charge in [0, 0.05) is 17.4 Å². The summed E-state index contributed by atoms with van der Waals surface area (Å²) in [5.41, 5.74) is 2.36. The number of hydrogen-bond acceptors (Lipinski definition) is 4. The summed E-state index contributed by atoms with van der Waals surface area (Å²) < 4.78 is 18.1. The van der Waals surface area contributed by atoms with Crippen LogP contribution in [0.5, 0.6) is 0 Å². The lowest BCUT2D eigenvalue weighted by atomic mass is 10.1. The number of rotatable bonds is 5. The van der Waals surface area contributed by atoms with Crippen LogP contribution in [0.1, 0.15) is 24.6 Å². The number of halogens is 1. The van der Waals surface area contributed by atoms with Gasteiger partial charge in [0.05, 0.1) is 18.7 Å². The van der Waals surface area contributed by atoms with Crippen LogP contribution in [0.4, 0.5) is 4.39 Å². The largest absolute Gasteiger partial charge is 0.466 e. The Morgan fingerprint density at radius 1 is 1.45 bits per heavy atom. The van der Waals surface area contributed by atoms with Crippen LogP contribution in [-0.2, 0) is 16.0 Å². The molecule has 1 aromatic heterocycles. The van der Waals surface area contributed by atoms with E-state index < -0.39 is 0 Å². The zero-order valence-electron chi connectivity index (χ0n) is 11.5. The molecule has 20 heavy (non-hydrogen) atoms. The predicted molar refractivity (Wildman–Crippen MR) is 77.2 cm³/mol. The lowest BCUT2D eigenvalue weighted by Crippen LogP contribution is -2.05. The molecule has 2 rings (SSSR count). The molecule has 0 saturated carbocycles. The second-order valence-corrected chi connectivity index (χ2v) is 5.27. The smallest absolute Gasteiger partial charge is 0.306 e. The van der Waals surface area contributed by atoms with Crippen molar-refractivity contribution in [2.24, 2.45) is 0 Å². The highest BCUT2D eigenvalue weighted by Gasteiger charge is 2.09. The molecule has 0 aliphatic carbocycles. The van der Waals surface area contributed by atoms with Crippen molar-refractivity contribution < 1.29 is 13.9 Å². The minimum absolute atomic E-state index is 0.209. The summed E-state index contributed by atoms with van der Waals surface area (Å²) in [5.74, 6) is -0.424. The number of nitrogens with zero attached hydrogens (tertiary/aromatic N) is 1. The van der Waals surface area contributed by atoms with Crippen LogP contribution in [0.3, 0.4) is 0 Å². The normalized spacial score (nSPS) is 10.6. The Morgan fingerprint density at radius 2 is 2.25 bits per heavy atom. The lowest BCUT2D eigenvalue weighted by molar-refractivity contribution is -0.143. The Bertz CT molecular complexity index is 610. The number of carbonyl (C=O) groups is 1. The number of thiazole rings is 1. The minimum Gasteiger partial charge on any atom is -0.466 e. The molecule has 0 saturated heterocycles. The quantitative estimate of drug-likeness (QED) is 0.788. The first-order valence-electron chi connectivity index (χ1n) is 6.46. The van der Waals surface area contributed by atoms with E-state index in [2.05, 4.69) is 4.98 Å². The summed E-state index contributed by atoms with van der Waals surface area (Å²) in [7, 11) is 0. The first-order chi connectivity index (χ1) is 9.60. The number of esters is 1. The average molecular weight is 293 g/mol. The number of ether oxygens (including phenoxy) is 1. The van der Waals surface area contributed by atoms with Gasteiger partial charge in [0.25, 0.3) is 0 Å². The van der Waals surface area contributed by atoms with Gasteiger partial charge in [0.15, 0.2) is 0 Å². The Labute approximate surface area is 121 Å². The molecule has 0 N–H and O–H groups in total. The molecule has 0 bridgehead atoms. The van der Waals surface area contributed by atoms with E-state index in [1.807, 2.05) is 5.38 Å². The Kier molecular flexibility index (Phi) is 4.84. The van der Waals surface area contributed by atoms with Crippen molar-refractivity contribution >= 4 is 17.3 Å². The highest BCUT2D eigenvalue weighted by Crippen LogP contribution is 2.25. The second-order valence-electron chi connectivity index (χ2n) is 4.41. The summed E-state index contributed by atoms with van der Waals surface area (Å²) in [6.07, 6.45) is 0.898. The summed E-state index contributed by atoms with van der Waals surface area (Å²) in [5, 5.41) is 2.76. The standard InChI is InChI=1S/C15H16FNO2S/c1-3-19-14(18)7-5-12-9-20-15(17-12)11-4-6-13(16)10(2)8-11/h4,6,8-9H,3,5,7H2,1-2H3. The van der Waals surface area contributed by atoms with Gasteiger partial charge in [-0.15, -0.1) is 11.3 Å². The molecular weight excluding hydrogens is 277 g/mol. The molecule has 0 atom stereocenters. The zero-order valence-corrected chi connectivity index (χ0v) is 12.3. The number of aryl methyl sites for hydroxylation is 2. The van der Waals surface area contributed by atoms with E-state index in [0.29, 0.717) is 25.0 Å². The molecule has 0 unspecified atom stereocenters. The predicted octanol–water partition coefficient (Wildman–Crippen LogP) is 3.75. The van der Waals surface area contributed by atoms with Gasteiger partial charge in [-0.3, -0.25) is 4.79 Å². The third-order valence-corrected chi connectivity index (χ3v) is 3.79. The maximum absolute atomic E-state index is 13.2. The molecule has 5 heteroatoms. The van der Waals surface area contributed by atoms with E-state index in [1.54, 1.807) is 26.0 Å². The van der Waals surface area contributed by atoms with Gasteiger partial charge < -0.3 is 4.74 Å². The monoisotopic (exact) mass is 293 g/mol. The lowest BCUT2D eigenvalue weighted by Gasteiger charge is -2.00. The van der Waals surface area contributed by atoms with Crippen molar-refractivity contribution in [2.75, 3.05) is 6.61 Å². The summed E-state index contributed by atoms with van der Waals surface area (Å²) in [4.78, 5) is 15.8. The van der Waals surface area contributed by atoms with Crippen LogP contribution in [0.25, 0.3) is 10.6 Å². The second kappa shape index (κ2) is 6.61. The first kappa shape index (κ1) is 14.7. The van der Waals surface area contributed by atoms with E-state index in [1.165, 1.54) is 17.4 Å². The fourth-order valence-corrected chi connectivity index (χ4v) is 2.65. The fraction of sp³-hybridized carbons (Fsp3) is 0.333. The maximum Gasteiger partial charge on any atom is 0.306 e. The molecule has 106 valence electrons. The Hall–Kier alpha value is -1.75. The van der Waals surface area contributed by atoms with Crippen LogP contribution in [0.15, 0.2) is 23.6 Å². The Morgan fingerprint density at radius 3 is 2.95 bits per heavy atom. The van der Waals surface area contributed by atoms with Crippen LogP contribution >= 0.6 is 11.3 Å². The van der Waals surface area contributed by atoms with Crippen LogP contribution in [-0.4, -0.2) is 17.6 Å². The van der Waals surface area contributed by atoms with E-state index in [4.69, 9.17) is 4.74 Å². The van der Waals surface area contributed by atoms with Gasteiger partial charge in [0.2, 0.25) is 0 Å². The molecule has 1 heterocycles. The highest BCUT2D eigenvalue weighted by atomic mass is 32.1. The molecule has 2 aromatic rings. The van der Waals surface area contributed by atoms with Gasteiger partial charge >= 0.3 is 5.97 Å². The van der Waals surface area contributed by atoms with Gasteiger partial charge in [-0.25, -0.2) is 9.37 Å². The average Bonchev–Trinajstić information content (AvgIpc) is 2.89. The topological polar surface area (TPSA) is 39.2 Å². The number of carbonyl (C=O) groups excluding carboxylic acids is 1. The van der Waals surface area contributed by atoms with E-state index in [9.17, 15) is 9.18 Å². The zero-order chi connectivity index (χ0) is 14.5. The number of aromatic nitrogens is 1. The van der Waals surface area contributed by atoms with Gasteiger partial charge in [0.1, 0.15) is 10.8 Å². The summed E-state index contributed by atoms with van der Waals surface area (Å²) in [6, 6.07) is 4.95. The molecule has 3 nitrogen and oxygen atoms in total. The third-order valence-electron chi connectivity index (χ3n) is 2.85. The first-order valence-corrected chi connectivity index (χ1v) is 7.34. The van der Waals surface area contributed by atoms with Crippen molar-refractivity contribution in [3.8, 4) is 10.6 Å². The van der Waals surface area contributed by atoms with E-state index in [0.717, 1.165) is 16.3 Å². The SMILES string of the molecule is CCOC(=O)CCc1csc(-c2ccc(F)c(C)c2)n1. The molecule has 1 aromatic carbocycles. The fourth-order valence-electron chi connectivity index (χ4n) is 1.80. The molecule has 0 aliphatic heterocycles. The summed E-state index contributed by atoms with van der Waals surface area (Å²) >= 11 is 1.50. The minimum atomic E-state index is -0.215. The third kappa shape index (κ3) is 3.63. The highest BCUT2D eigenvalue weighted by molar-refractivity contribution is 7.13. The van der Waals surface area contributed by atoms with Gasteiger partial charge in [-0.05, 0) is 37.6 Å². The Balaban J connectivity index is 2.05. The maximum atomic E-state index is 13.2. The van der Waals surface area contributed by atoms with Crippen molar-refractivity contribution in [3.05, 3.63) is 40.7 Å². The molecule has 0 fully saturated rings. The van der Waals surface area contributed by atoms with Crippen molar-refractivity contribution in [2.45, 2.75) is 26.7 Å². The molecule has 0 spiro atoms. The van der Waals surface area contributed by atoms with E-state index in [-0.39, 0.29) is 11.8 Å².